The van der Waals surface area contributed by atoms with Crippen LogP contribution in [0.15, 0.2) is 30.4 Å². The van der Waals surface area contributed by atoms with Crippen LogP contribution in [0, 0.1) is 0 Å². The molecule has 3 aliphatic rings. The summed E-state index contributed by atoms with van der Waals surface area (Å²) in [6.45, 7) is 0.0656. The lowest BCUT2D eigenvalue weighted by atomic mass is 9.79. The van der Waals surface area contributed by atoms with Gasteiger partial charge in [-0.3, -0.25) is 9.69 Å². The van der Waals surface area contributed by atoms with Gasteiger partial charge in [0.2, 0.25) is 12.7 Å². The van der Waals surface area contributed by atoms with Crippen molar-refractivity contribution < 1.29 is 29.3 Å². The summed E-state index contributed by atoms with van der Waals surface area (Å²) in [6, 6.07) is 4.26. The van der Waals surface area contributed by atoms with Gasteiger partial charge in [0.15, 0.2) is 11.5 Å². The summed E-state index contributed by atoms with van der Waals surface area (Å²) in [7, 11) is 1.43. The van der Waals surface area contributed by atoms with Crippen LogP contribution < -0.4 is 9.47 Å². The predicted octanol–water partition coefficient (Wildman–Crippen LogP) is 0.0531. The number of likely N-dealkylation sites (N-methyl/N-ethyl adjacent to an activating group) is 1. The molecule has 0 unspecified atom stereocenters. The van der Waals surface area contributed by atoms with Gasteiger partial charge in [-0.25, -0.2) is 4.79 Å². The topological polar surface area (TPSA) is 99.5 Å². The maximum Gasteiger partial charge on any atom is 0.327 e. The fraction of sp³-hybridized carbons (Fsp3) is 0.412. The zero-order valence-corrected chi connectivity index (χ0v) is 13.5. The molecule has 0 aromatic heterocycles. The zero-order chi connectivity index (χ0) is 17.7. The minimum atomic E-state index is -1.12. The molecule has 0 spiro atoms. The van der Waals surface area contributed by atoms with E-state index in [1.807, 2.05) is 0 Å². The maximum atomic E-state index is 12.4. The molecule has 3 amide bonds. The fourth-order valence-electron chi connectivity index (χ4n) is 3.54. The highest BCUT2D eigenvalue weighted by Crippen LogP contribution is 2.40. The molecule has 2 aliphatic heterocycles. The fourth-order valence-corrected chi connectivity index (χ4v) is 3.54. The Morgan fingerprint density at radius 3 is 2.60 bits per heavy atom. The molecule has 1 saturated heterocycles. The first-order valence-electron chi connectivity index (χ1n) is 7.98. The Labute approximate surface area is 143 Å². The number of benzene rings is 1. The summed E-state index contributed by atoms with van der Waals surface area (Å²) in [4.78, 5) is 26.7. The SMILES string of the molecule is CN1C(=O)CN([C@H]2C=C[C@@H](O)[C@H](O)[C@@H]2c2ccc3c(c2)OCO3)C1=O. The van der Waals surface area contributed by atoms with Gasteiger partial charge in [0.25, 0.3) is 0 Å². The molecule has 0 saturated carbocycles. The molecule has 0 bridgehead atoms. The molecule has 132 valence electrons. The van der Waals surface area contributed by atoms with Crippen molar-refractivity contribution >= 4 is 11.9 Å². The minimum Gasteiger partial charge on any atom is -0.454 e. The largest absolute Gasteiger partial charge is 0.454 e. The van der Waals surface area contributed by atoms with Gasteiger partial charge >= 0.3 is 6.03 Å². The average Bonchev–Trinajstić information content (AvgIpc) is 3.17. The molecular formula is C17H18N2O6. The molecule has 8 heteroatoms. The molecule has 1 fully saturated rings. The zero-order valence-electron chi connectivity index (χ0n) is 13.5. The van der Waals surface area contributed by atoms with Gasteiger partial charge in [-0.15, -0.1) is 0 Å². The van der Waals surface area contributed by atoms with E-state index in [9.17, 15) is 19.8 Å². The summed E-state index contributed by atoms with van der Waals surface area (Å²) >= 11 is 0. The summed E-state index contributed by atoms with van der Waals surface area (Å²) in [6.07, 6.45) is 0.938. The first-order chi connectivity index (χ1) is 12.0. The van der Waals surface area contributed by atoms with Gasteiger partial charge in [0.1, 0.15) is 6.54 Å². The molecule has 1 aromatic rings. The number of urea groups is 1. The van der Waals surface area contributed by atoms with E-state index in [1.165, 1.54) is 18.0 Å². The van der Waals surface area contributed by atoms with E-state index in [-0.39, 0.29) is 19.2 Å². The quantitative estimate of drug-likeness (QED) is 0.580. The minimum absolute atomic E-state index is 0.0613. The first kappa shape index (κ1) is 15.9. The lowest BCUT2D eigenvalue weighted by Gasteiger charge is -2.39. The summed E-state index contributed by atoms with van der Waals surface area (Å²) in [5, 5.41) is 20.6. The van der Waals surface area contributed by atoms with E-state index in [0.717, 1.165) is 4.90 Å². The van der Waals surface area contributed by atoms with Crippen molar-refractivity contribution in [1.29, 1.82) is 0 Å². The van der Waals surface area contributed by atoms with Crippen molar-refractivity contribution in [3.05, 3.63) is 35.9 Å². The van der Waals surface area contributed by atoms with Gasteiger partial charge in [-0.2, -0.15) is 0 Å². The Kier molecular flexibility index (Phi) is 3.66. The van der Waals surface area contributed by atoms with E-state index in [4.69, 9.17) is 9.47 Å². The molecule has 1 aromatic carbocycles. The Bertz CT molecular complexity index is 764. The molecule has 8 nitrogen and oxygen atoms in total. The third-order valence-corrected chi connectivity index (χ3v) is 4.95. The number of hydrogen-bond donors (Lipinski definition) is 2. The van der Waals surface area contributed by atoms with Gasteiger partial charge in [-0.1, -0.05) is 18.2 Å². The van der Waals surface area contributed by atoms with Crippen LogP contribution in [0.3, 0.4) is 0 Å². The second-order valence-electron chi connectivity index (χ2n) is 6.36. The highest BCUT2D eigenvalue weighted by Gasteiger charge is 2.45. The smallest absolute Gasteiger partial charge is 0.327 e. The number of aliphatic hydroxyl groups excluding tert-OH is 2. The predicted molar refractivity (Wildman–Crippen MR) is 85.1 cm³/mol. The van der Waals surface area contributed by atoms with Crippen LogP contribution >= 0.6 is 0 Å². The van der Waals surface area contributed by atoms with Crippen LogP contribution in [0.1, 0.15) is 11.5 Å². The molecule has 2 heterocycles. The lowest BCUT2D eigenvalue weighted by Crippen LogP contribution is -2.49. The van der Waals surface area contributed by atoms with Crippen LogP contribution in [-0.4, -0.2) is 70.6 Å². The van der Waals surface area contributed by atoms with Crippen LogP contribution in [0.4, 0.5) is 4.79 Å². The van der Waals surface area contributed by atoms with Crippen LogP contribution in [0.25, 0.3) is 0 Å². The number of ether oxygens (including phenoxy) is 2. The summed E-state index contributed by atoms with van der Waals surface area (Å²) < 4.78 is 10.7. The standard InChI is InChI=1S/C17H18N2O6/c1-18-14(21)7-19(17(18)23)10-3-4-11(20)16(22)15(10)9-2-5-12-13(6-9)25-8-24-12/h2-6,10-11,15-16,20,22H,7-8H2,1H3/t10-,11+,15+,16-/m0/s1. The van der Waals surface area contributed by atoms with Crippen LogP contribution in [-0.2, 0) is 4.79 Å². The lowest BCUT2D eigenvalue weighted by molar-refractivity contribution is -0.124. The van der Waals surface area contributed by atoms with Gasteiger partial charge in [0, 0.05) is 13.0 Å². The summed E-state index contributed by atoms with van der Waals surface area (Å²) in [5.41, 5.74) is 0.694. The molecular weight excluding hydrogens is 328 g/mol. The van der Waals surface area contributed by atoms with Crippen molar-refractivity contribution in [3.8, 4) is 11.5 Å². The van der Waals surface area contributed by atoms with Crippen LogP contribution in [0.5, 0.6) is 11.5 Å². The highest BCUT2D eigenvalue weighted by molar-refractivity contribution is 6.02. The Hall–Kier alpha value is -2.58. The third-order valence-electron chi connectivity index (χ3n) is 4.95. The number of carbonyl (C=O) groups is 2. The van der Waals surface area contributed by atoms with E-state index in [1.54, 1.807) is 24.3 Å². The molecule has 4 atom stereocenters. The monoisotopic (exact) mass is 346 g/mol. The van der Waals surface area contributed by atoms with Gasteiger partial charge in [-0.05, 0) is 17.7 Å². The van der Waals surface area contributed by atoms with Crippen molar-refractivity contribution in [3.63, 3.8) is 0 Å². The third kappa shape index (κ3) is 2.45. The molecule has 0 radical (unpaired) electrons. The number of imide groups is 1. The molecule has 4 rings (SSSR count). The van der Waals surface area contributed by atoms with Crippen LogP contribution in [0.2, 0.25) is 0 Å². The van der Waals surface area contributed by atoms with Gasteiger partial charge in [0.05, 0.1) is 18.2 Å². The van der Waals surface area contributed by atoms with E-state index in [0.29, 0.717) is 17.1 Å². The summed E-state index contributed by atoms with van der Waals surface area (Å²) in [5.74, 6) is 0.253. The van der Waals surface area contributed by atoms with E-state index >= 15 is 0 Å². The first-order valence-corrected chi connectivity index (χ1v) is 7.98. The number of amides is 3. The Morgan fingerprint density at radius 2 is 1.88 bits per heavy atom. The van der Waals surface area contributed by atoms with Crippen molar-refractivity contribution in [2.45, 2.75) is 24.2 Å². The van der Waals surface area contributed by atoms with Gasteiger partial charge < -0.3 is 24.6 Å². The normalized spacial score (nSPS) is 31.2. The number of fused-ring (bicyclic) bond motifs is 1. The second-order valence-corrected chi connectivity index (χ2v) is 6.36. The molecule has 25 heavy (non-hydrogen) atoms. The molecule has 1 aliphatic carbocycles. The van der Waals surface area contributed by atoms with Crippen molar-refractivity contribution in [2.75, 3.05) is 20.4 Å². The Balaban J connectivity index is 1.73. The van der Waals surface area contributed by atoms with E-state index < -0.39 is 30.2 Å². The number of nitrogens with zero attached hydrogens (tertiary/aromatic N) is 2. The molecule has 2 N–H and O–H groups in total. The maximum absolute atomic E-state index is 12.4. The second kappa shape index (κ2) is 5.75. The van der Waals surface area contributed by atoms with Crippen molar-refractivity contribution in [2.24, 2.45) is 0 Å². The number of hydrogen-bond acceptors (Lipinski definition) is 6. The average molecular weight is 346 g/mol. The highest BCUT2D eigenvalue weighted by atomic mass is 16.7. The van der Waals surface area contributed by atoms with Crippen molar-refractivity contribution in [1.82, 2.24) is 9.80 Å². The Morgan fingerprint density at radius 1 is 1.12 bits per heavy atom. The number of aliphatic hydroxyl groups is 2. The van der Waals surface area contributed by atoms with E-state index in [2.05, 4.69) is 0 Å². The number of rotatable bonds is 2. The number of carbonyl (C=O) groups excluding carboxylic acids is 2.